The first-order chi connectivity index (χ1) is 5.83. The van der Waals surface area contributed by atoms with Crippen LogP contribution in [0.25, 0.3) is 0 Å². The molecule has 0 aromatic carbocycles. The van der Waals surface area contributed by atoms with Gasteiger partial charge < -0.3 is 5.11 Å². The van der Waals surface area contributed by atoms with Crippen LogP contribution in [0.5, 0.6) is 0 Å². The summed E-state index contributed by atoms with van der Waals surface area (Å²) in [6.45, 7) is 0. The maximum Gasteiger partial charge on any atom is 0.389 e. The minimum Gasteiger partial charge on any atom is -0.477 e. The topological polar surface area (TPSA) is 61.2 Å². The molecule has 13 heavy (non-hydrogen) atoms. The third-order valence-corrected chi connectivity index (χ3v) is 2.02. The molecule has 0 aliphatic carbocycles. The van der Waals surface area contributed by atoms with Crippen LogP contribution in [0.2, 0.25) is 0 Å². The van der Waals surface area contributed by atoms with Gasteiger partial charge in [-0.05, 0) is 0 Å². The van der Waals surface area contributed by atoms with Crippen molar-refractivity contribution in [2.45, 2.75) is 12.6 Å². The SMILES string of the molecule is N=C(CSCCC(F)(F)F)C(=O)O. The Morgan fingerprint density at radius 2 is 2.00 bits per heavy atom. The van der Waals surface area contributed by atoms with E-state index in [4.69, 9.17) is 10.5 Å². The van der Waals surface area contributed by atoms with Crippen molar-refractivity contribution in [1.82, 2.24) is 0 Å². The third kappa shape index (κ3) is 7.63. The molecule has 0 aliphatic heterocycles. The lowest BCUT2D eigenvalue weighted by molar-refractivity contribution is -0.130. The van der Waals surface area contributed by atoms with Gasteiger partial charge in [0.25, 0.3) is 0 Å². The molecule has 0 atom stereocenters. The number of alkyl halides is 3. The Morgan fingerprint density at radius 3 is 2.38 bits per heavy atom. The van der Waals surface area contributed by atoms with E-state index >= 15 is 0 Å². The van der Waals surface area contributed by atoms with E-state index in [-0.39, 0.29) is 11.5 Å². The highest BCUT2D eigenvalue weighted by atomic mass is 32.2. The smallest absolute Gasteiger partial charge is 0.389 e. The molecule has 2 N–H and O–H groups in total. The number of nitrogens with one attached hydrogen (secondary N) is 1. The van der Waals surface area contributed by atoms with E-state index in [0.29, 0.717) is 0 Å². The summed E-state index contributed by atoms with van der Waals surface area (Å²) >= 11 is 0.791. The van der Waals surface area contributed by atoms with Gasteiger partial charge in [-0.25, -0.2) is 4.79 Å². The third-order valence-electron chi connectivity index (χ3n) is 1.03. The second-order valence-electron chi connectivity index (χ2n) is 2.20. The number of aliphatic carboxylic acids is 1. The Bertz CT molecular complexity index is 205. The molecule has 0 aliphatic rings. The number of hydrogen-bond acceptors (Lipinski definition) is 3. The molecule has 0 unspecified atom stereocenters. The summed E-state index contributed by atoms with van der Waals surface area (Å²) in [5.41, 5.74) is -0.577. The highest BCUT2D eigenvalue weighted by Gasteiger charge is 2.26. The Hall–Kier alpha value is -0.720. The summed E-state index contributed by atoms with van der Waals surface area (Å²) < 4.78 is 34.7. The highest BCUT2D eigenvalue weighted by molar-refractivity contribution is 8.00. The zero-order chi connectivity index (χ0) is 10.5. The molecule has 0 saturated heterocycles. The molecule has 76 valence electrons. The number of halogens is 3. The van der Waals surface area contributed by atoms with Gasteiger partial charge >= 0.3 is 12.1 Å². The van der Waals surface area contributed by atoms with Crippen LogP contribution >= 0.6 is 11.8 Å². The largest absolute Gasteiger partial charge is 0.477 e. The number of carboxylic acids is 1. The first-order valence-corrected chi connectivity index (χ1v) is 4.43. The van der Waals surface area contributed by atoms with E-state index < -0.39 is 24.3 Å². The monoisotopic (exact) mass is 215 g/mol. The van der Waals surface area contributed by atoms with Crippen molar-refractivity contribution in [2.24, 2.45) is 0 Å². The van der Waals surface area contributed by atoms with Gasteiger partial charge in [0, 0.05) is 11.5 Å². The van der Waals surface area contributed by atoms with E-state index in [0.717, 1.165) is 11.8 Å². The predicted octanol–water partition coefficient (Wildman–Crippen LogP) is 1.78. The van der Waals surface area contributed by atoms with Crippen molar-refractivity contribution in [3.05, 3.63) is 0 Å². The standard InChI is InChI=1S/C6H8F3NO2S/c7-6(8,9)1-2-13-3-4(10)5(11)12/h10H,1-3H2,(H,11,12). The molecule has 7 heteroatoms. The fraction of sp³-hybridized carbons (Fsp3) is 0.667. The molecule has 3 nitrogen and oxygen atoms in total. The minimum atomic E-state index is -4.21. The van der Waals surface area contributed by atoms with Crippen LogP contribution in [0.15, 0.2) is 0 Å². The lowest BCUT2D eigenvalue weighted by Crippen LogP contribution is -2.15. The average Bonchev–Trinajstić information content (AvgIpc) is 1.95. The van der Waals surface area contributed by atoms with E-state index in [1.807, 2.05) is 0 Å². The summed E-state index contributed by atoms with van der Waals surface area (Å²) in [7, 11) is 0. The summed E-state index contributed by atoms with van der Waals surface area (Å²) in [6.07, 6.45) is -5.16. The van der Waals surface area contributed by atoms with Crippen molar-refractivity contribution >= 4 is 23.4 Å². The first kappa shape index (κ1) is 12.3. The van der Waals surface area contributed by atoms with E-state index in [1.165, 1.54) is 0 Å². The first-order valence-electron chi connectivity index (χ1n) is 3.28. The Labute approximate surface area is 76.8 Å². The fourth-order valence-electron chi connectivity index (χ4n) is 0.424. The molecule has 0 rings (SSSR count). The zero-order valence-corrected chi connectivity index (χ0v) is 7.34. The zero-order valence-electron chi connectivity index (χ0n) is 6.52. The molecular formula is C6H8F3NO2S. The lowest BCUT2D eigenvalue weighted by atomic mass is 10.4. The molecule has 0 fully saturated rings. The number of rotatable bonds is 5. The van der Waals surface area contributed by atoms with Crippen LogP contribution in [-0.4, -0.2) is 34.5 Å². The summed E-state index contributed by atoms with van der Waals surface area (Å²) in [4.78, 5) is 10.0. The minimum absolute atomic E-state index is 0.189. The van der Waals surface area contributed by atoms with Gasteiger partial charge in [-0.1, -0.05) is 0 Å². The molecule has 0 amide bonds. The molecule has 0 aromatic heterocycles. The van der Waals surface area contributed by atoms with Crippen molar-refractivity contribution in [3.63, 3.8) is 0 Å². The maximum absolute atomic E-state index is 11.6. The lowest BCUT2D eigenvalue weighted by Gasteiger charge is -2.04. The molecule has 0 radical (unpaired) electrons. The molecule has 0 bridgehead atoms. The van der Waals surface area contributed by atoms with Crippen molar-refractivity contribution < 1.29 is 23.1 Å². The maximum atomic E-state index is 11.6. The van der Waals surface area contributed by atoms with Crippen molar-refractivity contribution in [1.29, 1.82) is 5.41 Å². The van der Waals surface area contributed by atoms with E-state index in [1.54, 1.807) is 0 Å². The van der Waals surface area contributed by atoms with Gasteiger partial charge in [-0.2, -0.15) is 24.9 Å². The normalized spacial score (nSPS) is 11.3. The molecule has 0 saturated carbocycles. The van der Waals surface area contributed by atoms with Crippen LogP contribution in [0, 0.1) is 5.41 Å². The Balaban J connectivity index is 3.47. The number of carbonyl (C=O) groups is 1. The molecular weight excluding hydrogens is 207 g/mol. The Morgan fingerprint density at radius 1 is 1.46 bits per heavy atom. The summed E-state index contributed by atoms with van der Waals surface area (Å²) in [5, 5.41) is 15.0. The summed E-state index contributed by atoms with van der Waals surface area (Å²) in [6, 6.07) is 0. The van der Waals surface area contributed by atoms with Crippen molar-refractivity contribution in [3.8, 4) is 0 Å². The van der Waals surface area contributed by atoms with Crippen LogP contribution in [0.1, 0.15) is 6.42 Å². The van der Waals surface area contributed by atoms with Gasteiger partial charge in [0.05, 0.1) is 6.42 Å². The van der Waals surface area contributed by atoms with Crippen molar-refractivity contribution in [2.75, 3.05) is 11.5 Å². The molecule has 0 heterocycles. The number of hydrogen-bond donors (Lipinski definition) is 2. The summed E-state index contributed by atoms with van der Waals surface area (Å²) in [5.74, 6) is -1.79. The molecule has 0 aromatic rings. The van der Waals surface area contributed by atoms with Gasteiger partial charge in [0.2, 0.25) is 0 Å². The van der Waals surface area contributed by atoms with Gasteiger partial charge in [-0.3, -0.25) is 5.41 Å². The van der Waals surface area contributed by atoms with Crippen LogP contribution in [-0.2, 0) is 4.79 Å². The van der Waals surface area contributed by atoms with E-state index in [9.17, 15) is 18.0 Å². The van der Waals surface area contributed by atoms with Gasteiger partial charge in [-0.15, -0.1) is 0 Å². The number of carboxylic acid groups (broad SMARTS) is 1. The number of thioether (sulfide) groups is 1. The second-order valence-corrected chi connectivity index (χ2v) is 3.31. The van der Waals surface area contributed by atoms with Gasteiger partial charge in [0.15, 0.2) is 0 Å². The van der Waals surface area contributed by atoms with Gasteiger partial charge in [0.1, 0.15) is 5.71 Å². The van der Waals surface area contributed by atoms with Crippen LogP contribution < -0.4 is 0 Å². The quantitative estimate of drug-likeness (QED) is 0.542. The molecule has 0 spiro atoms. The average molecular weight is 215 g/mol. The van der Waals surface area contributed by atoms with Crippen LogP contribution in [0.3, 0.4) is 0 Å². The predicted molar refractivity (Wildman–Crippen MR) is 43.4 cm³/mol. The second kappa shape index (κ2) is 5.11. The highest BCUT2D eigenvalue weighted by Crippen LogP contribution is 2.21. The Kier molecular flexibility index (Phi) is 4.82. The fourth-order valence-corrected chi connectivity index (χ4v) is 1.27. The van der Waals surface area contributed by atoms with Crippen LogP contribution in [0.4, 0.5) is 13.2 Å². The van der Waals surface area contributed by atoms with E-state index in [2.05, 4.69) is 0 Å².